The van der Waals surface area contributed by atoms with Crippen molar-refractivity contribution in [3.63, 3.8) is 0 Å². The van der Waals surface area contributed by atoms with Gasteiger partial charge < -0.3 is 9.84 Å². The van der Waals surface area contributed by atoms with Crippen LogP contribution in [0.25, 0.3) is 5.57 Å². The molecule has 0 amide bonds. The highest BCUT2D eigenvalue weighted by molar-refractivity contribution is 6.30. The molecule has 2 nitrogen and oxygen atoms in total. The normalized spacial score (nSPS) is 25.9. The van der Waals surface area contributed by atoms with Gasteiger partial charge in [0.25, 0.3) is 0 Å². The van der Waals surface area contributed by atoms with E-state index in [2.05, 4.69) is 36.4 Å². The summed E-state index contributed by atoms with van der Waals surface area (Å²) < 4.78 is 5.99. The second kappa shape index (κ2) is 10.0. The molecule has 0 aromatic heterocycles. The summed E-state index contributed by atoms with van der Waals surface area (Å²) in [7, 11) is 0. The molecule has 4 aliphatic rings. The summed E-state index contributed by atoms with van der Waals surface area (Å²) in [5.74, 6) is 4.38. The number of aliphatic hydroxyl groups is 1. The van der Waals surface area contributed by atoms with Crippen LogP contribution in [0.2, 0.25) is 5.02 Å². The van der Waals surface area contributed by atoms with Crippen molar-refractivity contribution < 1.29 is 9.84 Å². The first-order chi connectivity index (χ1) is 15.7. The fourth-order valence-corrected chi connectivity index (χ4v) is 6.82. The molecule has 0 aliphatic heterocycles. The molecule has 0 unspecified atom stereocenters. The third-order valence-electron chi connectivity index (χ3n) is 7.90. The Labute approximate surface area is 197 Å². The molecule has 0 atom stereocenters. The van der Waals surface area contributed by atoms with Gasteiger partial charge in [-0.15, -0.1) is 0 Å². The van der Waals surface area contributed by atoms with Crippen LogP contribution in [0.15, 0.2) is 54.1 Å². The zero-order valence-electron chi connectivity index (χ0n) is 18.9. The molecular weight excluding hydrogens is 416 g/mol. The van der Waals surface area contributed by atoms with Crippen LogP contribution in [-0.2, 0) is 0 Å². The Morgan fingerprint density at radius 3 is 1.91 bits per heavy atom. The SMILES string of the molecule is OCCCCCCOc1ccc(C(=C2C3CC4CC(C3)CC2C4)c2ccc(Cl)cc2)cc1. The molecular formula is C29H35ClO2. The predicted octanol–water partition coefficient (Wildman–Crippen LogP) is 7.53. The lowest BCUT2D eigenvalue weighted by molar-refractivity contribution is 0.0705. The zero-order chi connectivity index (χ0) is 21.9. The van der Waals surface area contributed by atoms with Gasteiger partial charge in [0.1, 0.15) is 5.75 Å². The van der Waals surface area contributed by atoms with Gasteiger partial charge in [-0.2, -0.15) is 0 Å². The highest BCUT2D eigenvalue weighted by Crippen LogP contribution is 2.58. The van der Waals surface area contributed by atoms with Gasteiger partial charge in [0, 0.05) is 11.6 Å². The molecule has 32 heavy (non-hydrogen) atoms. The molecule has 3 heteroatoms. The van der Waals surface area contributed by atoms with Crippen molar-refractivity contribution in [2.24, 2.45) is 23.7 Å². The summed E-state index contributed by atoms with van der Waals surface area (Å²) in [4.78, 5) is 0. The maximum atomic E-state index is 8.89. The lowest BCUT2D eigenvalue weighted by Crippen LogP contribution is -2.40. The molecule has 0 saturated heterocycles. The van der Waals surface area contributed by atoms with Gasteiger partial charge in [-0.25, -0.2) is 0 Å². The molecule has 2 aromatic rings. The van der Waals surface area contributed by atoms with Crippen LogP contribution >= 0.6 is 11.6 Å². The summed E-state index contributed by atoms with van der Waals surface area (Å²) in [5, 5.41) is 9.68. The number of hydrogen-bond donors (Lipinski definition) is 1. The van der Waals surface area contributed by atoms with Crippen molar-refractivity contribution in [3.05, 3.63) is 70.3 Å². The van der Waals surface area contributed by atoms with Crippen LogP contribution in [0.4, 0.5) is 0 Å². The average molecular weight is 451 g/mol. The Morgan fingerprint density at radius 2 is 1.31 bits per heavy atom. The quantitative estimate of drug-likeness (QED) is 0.400. The smallest absolute Gasteiger partial charge is 0.119 e. The van der Waals surface area contributed by atoms with Crippen LogP contribution in [-0.4, -0.2) is 18.3 Å². The van der Waals surface area contributed by atoms with E-state index in [0.717, 1.165) is 66.7 Å². The Kier molecular flexibility index (Phi) is 6.90. The number of benzene rings is 2. The first-order valence-corrected chi connectivity index (χ1v) is 12.9. The van der Waals surface area contributed by atoms with Crippen LogP contribution < -0.4 is 4.74 Å². The van der Waals surface area contributed by atoms with Gasteiger partial charge in [-0.1, -0.05) is 47.9 Å². The minimum Gasteiger partial charge on any atom is -0.494 e. The average Bonchev–Trinajstić information content (AvgIpc) is 2.80. The van der Waals surface area contributed by atoms with E-state index in [-0.39, 0.29) is 6.61 Å². The molecule has 4 aliphatic carbocycles. The fraction of sp³-hybridized carbons (Fsp3) is 0.517. The number of unbranched alkanes of at least 4 members (excludes halogenated alkanes) is 3. The second-order valence-corrected chi connectivity index (χ2v) is 10.6. The summed E-state index contributed by atoms with van der Waals surface area (Å²) in [6, 6.07) is 17.2. The van der Waals surface area contributed by atoms with Crippen LogP contribution in [0, 0.1) is 23.7 Å². The Balaban J connectivity index is 1.39. The monoisotopic (exact) mass is 450 g/mol. The molecule has 4 bridgehead atoms. The number of allylic oxidation sites excluding steroid dienone is 1. The van der Waals surface area contributed by atoms with Gasteiger partial charge in [0.15, 0.2) is 0 Å². The zero-order valence-corrected chi connectivity index (χ0v) is 19.7. The van der Waals surface area contributed by atoms with Crippen molar-refractivity contribution in [3.8, 4) is 5.75 Å². The minimum atomic E-state index is 0.288. The van der Waals surface area contributed by atoms with Crippen molar-refractivity contribution in [1.82, 2.24) is 0 Å². The van der Waals surface area contributed by atoms with E-state index < -0.39 is 0 Å². The van der Waals surface area contributed by atoms with E-state index >= 15 is 0 Å². The molecule has 1 N–H and O–H groups in total. The summed E-state index contributed by atoms with van der Waals surface area (Å²) >= 11 is 6.23. The van der Waals surface area contributed by atoms with Gasteiger partial charge in [-0.3, -0.25) is 0 Å². The van der Waals surface area contributed by atoms with E-state index in [0.29, 0.717) is 0 Å². The summed E-state index contributed by atoms with van der Waals surface area (Å²) in [6.45, 7) is 1.03. The Morgan fingerprint density at radius 1 is 0.750 bits per heavy atom. The number of rotatable bonds is 9. The summed E-state index contributed by atoms with van der Waals surface area (Å²) in [6.07, 6.45) is 11.1. The van der Waals surface area contributed by atoms with Crippen molar-refractivity contribution in [2.45, 2.75) is 57.8 Å². The van der Waals surface area contributed by atoms with E-state index in [9.17, 15) is 0 Å². The van der Waals surface area contributed by atoms with Crippen LogP contribution in [0.3, 0.4) is 0 Å². The van der Waals surface area contributed by atoms with Crippen molar-refractivity contribution >= 4 is 17.2 Å². The lowest BCUT2D eigenvalue weighted by atomic mass is 9.53. The molecule has 0 heterocycles. The van der Waals surface area contributed by atoms with Gasteiger partial charge >= 0.3 is 0 Å². The first-order valence-electron chi connectivity index (χ1n) is 12.6. The first kappa shape index (κ1) is 22.0. The largest absolute Gasteiger partial charge is 0.494 e. The lowest BCUT2D eigenvalue weighted by Gasteiger charge is -2.52. The van der Waals surface area contributed by atoms with E-state index in [1.807, 2.05) is 12.1 Å². The van der Waals surface area contributed by atoms with Gasteiger partial charge in [-0.05, 0) is 116 Å². The maximum Gasteiger partial charge on any atom is 0.119 e. The van der Waals surface area contributed by atoms with E-state index in [4.69, 9.17) is 21.4 Å². The van der Waals surface area contributed by atoms with Gasteiger partial charge in [0.2, 0.25) is 0 Å². The number of ether oxygens (including phenoxy) is 1. The van der Waals surface area contributed by atoms with E-state index in [1.54, 1.807) is 5.57 Å². The van der Waals surface area contributed by atoms with Crippen LogP contribution in [0.1, 0.15) is 68.9 Å². The Hall–Kier alpha value is -1.77. The third kappa shape index (κ3) is 4.77. The Bertz CT molecular complexity index is 899. The molecule has 0 radical (unpaired) electrons. The molecule has 4 fully saturated rings. The molecule has 0 spiro atoms. The second-order valence-electron chi connectivity index (χ2n) is 10.2. The minimum absolute atomic E-state index is 0.288. The van der Waals surface area contributed by atoms with Gasteiger partial charge in [0.05, 0.1) is 6.61 Å². The summed E-state index contributed by atoms with van der Waals surface area (Å²) in [5.41, 5.74) is 5.78. The third-order valence-corrected chi connectivity index (χ3v) is 8.16. The maximum absolute atomic E-state index is 8.89. The predicted molar refractivity (Wildman–Crippen MR) is 132 cm³/mol. The number of aliphatic hydroxyl groups excluding tert-OH is 1. The molecule has 4 saturated carbocycles. The topological polar surface area (TPSA) is 29.5 Å². The fourth-order valence-electron chi connectivity index (χ4n) is 6.69. The highest BCUT2D eigenvalue weighted by Gasteiger charge is 2.46. The van der Waals surface area contributed by atoms with E-state index in [1.165, 1.54) is 48.8 Å². The van der Waals surface area contributed by atoms with Crippen molar-refractivity contribution in [2.75, 3.05) is 13.2 Å². The molecule has 2 aromatic carbocycles. The molecule has 170 valence electrons. The van der Waals surface area contributed by atoms with Crippen molar-refractivity contribution in [1.29, 1.82) is 0 Å². The number of halogens is 1. The standard InChI is InChI=1S/C29H35ClO2/c30-26-9-5-22(6-10-26)28(29-24-16-20-15-21(18-24)19-25(29)17-20)23-7-11-27(12-8-23)32-14-4-2-1-3-13-31/h5-12,20-21,24-25,31H,1-4,13-19H2. The molecule has 6 rings (SSSR count). The van der Waals surface area contributed by atoms with Crippen LogP contribution in [0.5, 0.6) is 5.75 Å². The highest BCUT2D eigenvalue weighted by atomic mass is 35.5. The number of hydrogen-bond acceptors (Lipinski definition) is 2.